The average Bonchev–Trinajstić information content (AvgIpc) is 3.07. The van der Waals surface area contributed by atoms with E-state index in [0.717, 1.165) is 17.5 Å². The van der Waals surface area contributed by atoms with Gasteiger partial charge in [-0.2, -0.15) is 0 Å². The van der Waals surface area contributed by atoms with Gasteiger partial charge in [-0.05, 0) is 66.3 Å². The van der Waals surface area contributed by atoms with Crippen LogP contribution in [0.4, 0.5) is 5.69 Å². The molecule has 2 aliphatic carbocycles. The van der Waals surface area contributed by atoms with Gasteiger partial charge in [0.2, 0.25) is 10.0 Å². The quantitative estimate of drug-likeness (QED) is 0.618. The van der Waals surface area contributed by atoms with Gasteiger partial charge in [-0.15, -0.1) is 0 Å². The first-order valence-corrected chi connectivity index (χ1v) is 12.6. The summed E-state index contributed by atoms with van der Waals surface area (Å²) in [5.41, 5.74) is 1.43. The summed E-state index contributed by atoms with van der Waals surface area (Å²) in [4.78, 5) is 24.0. The minimum atomic E-state index is -3.69. The fourth-order valence-electron chi connectivity index (χ4n) is 5.61. The highest BCUT2D eigenvalue weighted by Gasteiger charge is 2.65. The number of hydrogen-bond donors (Lipinski definition) is 2. The molecular formula is C25H29NO5S. The molecular weight excluding hydrogens is 426 g/mol. The number of carbonyl (C=O) groups is 2. The monoisotopic (exact) mass is 455 g/mol. The van der Waals surface area contributed by atoms with E-state index in [1.54, 1.807) is 24.3 Å². The number of carbonyl (C=O) groups excluding carboxylic acids is 1. The Balaban J connectivity index is 1.42. The minimum Gasteiger partial charge on any atom is -0.478 e. The predicted octanol–water partition coefficient (Wildman–Crippen LogP) is 4.31. The van der Waals surface area contributed by atoms with Crippen molar-refractivity contribution in [2.45, 2.75) is 46.0 Å². The lowest BCUT2D eigenvalue weighted by atomic mass is 9.70. The van der Waals surface area contributed by atoms with Crippen LogP contribution in [0.2, 0.25) is 0 Å². The van der Waals surface area contributed by atoms with Gasteiger partial charge in [0.25, 0.3) is 0 Å². The number of nitrogens with one attached hydrogen (secondary N) is 1. The van der Waals surface area contributed by atoms with E-state index in [4.69, 9.17) is 0 Å². The molecule has 2 saturated carbocycles. The molecule has 0 aromatic heterocycles. The van der Waals surface area contributed by atoms with Crippen molar-refractivity contribution >= 4 is 27.5 Å². The molecule has 6 nitrogen and oxygen atoms in total. The lowest BCUT2D eigenvalue weighted by molar-refractivity contribution is -0.128. The van der Waals surface area contributed by atoms with E-state index in [2.05, 4.69) is 4.72 Å². The van der Waals surface area contributed by atoms with Crippen molar-refractivity contribution in [3.05, 3.63) is 65.2 Å². The van der Waals surface area contributed by atoms with E-state index in [1.807, 2.05) is 38.1 Å². The molecule has 32 heavy (non-hydrogen) atoms. The Morgan fingerprint density at radius 2 is 1.78 bits per heavy atom. The number of aryl methyl sites for hydroxylation is 2. The van der Waals surface area contributed by atoms with Gasteiger partial charge in [-0.1, -0.05) is 44.2 Å². The zero-order chi connectivity index (χ0) is 23.1. The number of sulfonamides is 1. The average molecular weight is 456 g/mol. The second-order valence-electron chi connectivity index (χ2n) is 9.69. The first kappa shape index (κ1) is 22.5. The summed E-state index contributed by atoms with van der Waals surface area (Å²) in [7, 11) is -3.69. The molecule has 2 atom stereocenters. The van der Waals surface area contributed by atoms with Crippen LogP contribution in [0.15, 0.2) is 48.5 Å². The Labute approximate surface area is 189 Å². The zero-order valence-corrected chi connectivity index (χ0v) is 19.2. The van der Waals surface area contributed by atoms with E-state index < -0.39 is 21.4 Å². The van der Waals surface area contributed by atoms with Gasteiger partial charge >= 0.3 is 5.97 Å². The summed E-state index contributed by atoms with van der Waals surface area (Å²) >= 11 is 0. The van der Waals surface area contributed by atoms with Crippen molar-refractivity contribution in [1.29, 1.82) is 0 Å². The summed E-state index contributed by atoms with van der Waals surface area (Å²) in [6.45, 7) is 4.06. The Morgan fingerprint density at radius 1 is 1.09 bits per heavy atom. The predicted molar refractivity (Wildman–Crippen MR) is 123 cm³/mol. The van der Waals surface area contributed by atoms with E-state index in [9.17, 15) is 23.1 Å². The third-order valence-electron chi connectivity index (χ3n) is 7.73. The molecule has 4 rings (SSSR count). The zero-order valence-electron chi connectivity index (χ0n) is 18.4. The number of fused-ring (bicyclic) bond motifs is 2. The molecule has 170 valence electrons. The summed E-state index contributed by atoms with van der Waals surface area (Å²) in [5, 5.41) is 9.31. The Morgan fingerprint density at radius 3 is 2.38 bits per heavy atom. The first-order valence-electron chi connectivity index (χ1n) is 11.0. The third-order valence-corrected chi connectivity index (χ3v) is 9.15. The van der Waals surface area contributed by atoms with Crippen molar-refractivity contribution < 1.29 is 23.1 Å². The summed E-state index contributed by atoms with van der Waals surface area (Å²) in [6.07, 6.45) is 3.26. The summed E-state index contributed by atoms with van der Waals surface area (Å²) in [5.74, 6) is -0.755. The maximum Gasteiger partial charge on any atom is 0.335 e. The highest BCUT2D eigenvalue weighted by Crippen LogP contribution is 2.64. The number of ketones is 1. The third kappa shape index (κ3) is 3.94. The van der Waals surface area contributed by atoms with Crippen molar-refractivity contribution in [2.75, 3.05) is 10.5 Å². The number of rotatable bonds is 8. The molecule has 0 heterocycles. The van der Waals surface area contributed by atoms with Crippen molar-refractivity contribution in [1.82, 2.24) is 0 Å². The van der Waals surface area contributed by atoms with Gasteiger partial charge in [-0.3, -0.25) is 9.52 Å². The smallest absolute Gasteiger partial charge is 0.335 e. The molecule has 0 spiro atoms. The number of anilines is 1. The van der Waals surface area contributed by atoms with Crippen LogP contribution >= 0.6 is 0 Å². The molecule has 2 aromatic rings. The SMILES string of the molecule is CC1(C)C2CCC1(CS(=O)(=O)Nc1ccc(CCc3ccccc3C(=O)O)cc1)C(=O)C2. The van der Waals surface area contributed by atoms with Crippen LogP contribution in [0, 0.1) is 16.7 Å². The number of aromatic carboxylic acids is 1. The molecule has 2 aromatic carbocycles. The maximum absolute atomic E-state index is 12.9. The molecule has 2 unspecified atom stereocenters. The van der Waals surface area contributed by atoms with Crippen LogP contribution in [0.3, 0.4) is 0 Å². The number of Topliss-reactive ketones (excluding diaryl/α,β-unsaturated/α-hetero) is 1. The Kier molecular flexibility index (Phi) is 5.65. The molecule has 0 radical (unpaired) electrons. The molecule has 0 amide bonds. The van der Waals surface area contributed by atoms with Crippen LogP contribution in [-0.4, -0.2) is 31.0 Å². The lowest BCUT2D eigenvalue weighted by Crippen LogP contribution is -2.43. The van der Waals surface area contributed by atoms with Crippen LogP contribution in [0.5, 0.6) is 0 Å². The standard InChI is InChI=1S/C25H29NO5S/c1-24(2)19-13-14-25(24,22(27)15-19)16-32(30,31)26-20-11-8-17(9-12-20)7-10-18-5-3-4-6-21(18)23(28)29/h3-6,8-9,11-12,19,26H,7,10,13-16H2,1-2H3,(H,28,29). The number of hydrogen-bond acceptors (Lipinski definition) is 4. The van der Waals surface area contributed by atoms with E-state index in [-0.39, 0.29) is 22.9 Å². The second-order valence-corrected chi connectivity index (χ2v) is 11.4. The maximum atomic E-state index is 12.9. The molecule has 2 bridgehead atoms. The molecule has 2 fully saturated rings. The van der Waals surface area contributed by atoms with E-state index in [0.29, 0.717) is 36.9 Å². The van der Waals surface area contributed by atoms with Gasteiger partial charge in [0.05, 0.1) is 16.7 Å². The topological polar surface area (TPSA) is 101 Å². The summed E-state index contributed by atoms with van der Waals surface area (Å²) < 4.78 is 28.5. The van der Waals surface area contributed by atoms with Crippen LogP contribution in [-0.2, 0) is 27.7 Å². The molecule has 0 aliphatic heterocycles. The Hall–Kier alpha value is -2.67. The number of benzene rings is 2. The Bertz CT molecular complexity index is 1150. The van der Waals surface area contributed by atoms with Crippen molar-refractivity contribution in [3.63, 3.8) is 0 Å². The van der Waals surface area contributed by atoms with Crippen LogP contribution < -0.4 is 4.72 Å². The normalized spacial score (nSPS) is 23.9. The lowest BCUT2D eigenvalue weighted by Gasteiger charge is -2.36. The molecule has 7 heteroatoms. The first-order chi connectivity index (χ1) is 15.0. The van der Waals surface area contributed by atoms with Gasteiger partial charge in [0.15, 0.2) is 0 Å². The van der Waals surface area contributed by atoms with Crippen LogP contribution in [0.25, 0.3) is 0 Å². The number of carboxylic acids is 1. The van der Waals surface area contributed by atoms with Crippen molar-refractivity contribution in [3.8, 4) is 0 Å². The van der Waals surface area contributed by atoms with Gasteiger partial charge in [0.1, 0.15) is 5.78 Å². The van der Waals surface area contributed by atoms with E-state index in [1.165, 1.54) is 0 Å². The fraction of sp³-hybridized carbons (Fsp3) is 0.440. The number of carboxylic acid groups (broad SMARTS) is 1. The van der Waals surface area contributed by atoms with Crippen LogP contribution in [0.1, 0.15) is 54.6 Å². The van der Waals surface area contributed by atoms with Gasteiger partial charge < -0.3 is 5.11 Å². The van der Waals surface area contributed by atoms with Crippen molar-refractivity contribution in [2.24, 2.45) is 16.7 Å². The largest absolute Gasteiger partial charge is 0.478 e. The second kappa shape index (κ2) is 8.03. The fourth-order valence-corrected chi connectivity index (χ4v) is 7.51. The van der Waals surface area contributed by atoms with Gasteiger partial charge in [-0.25, -0.2) is 13.2 Å². The minimum absolute atomic E-state index is 0.0844. The van der Waals surface area contributed by atoms with Gasteiger partial charge in [0, 0.05) is 12.1 Å². The highest BCUT2D eigenvalue weighted by molar-refractivity contribution is 7.92. The summed E-state index contributed by atoms with van der Waals surface area (Å²) in [6, 6.07) is 14.1. The van der Waals surface area contributed by atoms with E-state index >= 15 is 0 Å². The molecule has 0 saturated heterocycles. The molecule has 2 aliphatic rings. The highest BCUT2D eigenvalue weighted by atomic mass is 32.2. The molecule has 2 N–H and O–H groups in total.